The predicted octanol–water partition coefficient (Wildman–Crippen LogP) is 4.70. The fourth-order valence-electron chi connectivity index (χ4n) is 3.23. The van der Waals surface area contributed by atoms with E-state index >= 15 is 0 Å². The van der Waals surface area contributed by atoms with Gasteiger partial charge >= 0.3 is 10.1 Å². The Balaban J connectivity index is 2.18. The van der Waals surface area contributed by atoms with E-state index in [0.717, 1.165) is 20.0 Å². The Hall–Kier alpha value is 0.290. The summed E-state index contributed by atoms with van der Waals surface area (Å²) < 4.78 is 66.9. The molecule has 1 aliphatic carbocycles. The maximum Gasteiger partial charge on any atom is 0.340 e. The second-order valence-electron chi connectivity index (χ2n) is 6.40. The quantitative estimate of drug-likeness (QED) is 0.210. The molecule has 0 unspecified atom stereocenters. The van der Waals surface area contributed by atoms with Crippen molar-refractivity contribution in [2.24, 2.45) is 0 Å². The molecule has 1 N–H and O–H groups in total. The highest BCUT2D eigenvalue weighted by molar-refractivity contribution is 14.1. The van der Waals surface area contributed by atoms with Gasteiger partial charge in [-0.25, -0.2) is 0 Å². The van der Waals surface area contributed by atoms with Crippen LogP contribution in [0.25, 0.3) is 0 Å². The summed E-state index contributed by atoms with van der Waals surface area (Å²) in [7, 11) is -8.53. The first-order chi connectivity index (χ1) is 12.9. The molecule has 1 aliphatic rings. The van der Waals surface area contributed by atoms with Crippen LogP contribution >= 0.6 is 67.8 Å². The Kier molecular flexibility index (Phi) is 6.92. The highest BCUT2D eigenvalue weighted by Crippen LogP contribution is 2.39. The van der Waals surface area contributed by atoms with Crippen LogP contribution in [0.15, 0.2) is 28.0 Å². The molecule has 0 radical (unpaired) electrons. The number of fused-ring (bicyclic) bond motifs is 1. The third-order valence-electron chi connectivity index (χ3n) is 4.44. The third-order valence-corrected chi connectivity index (χ3v) is 10.6. The number of rotatable bonds is 4. The van der Waals surface area contributed by atoms with Crippen molar-refractivity contribution in [1.29, 1.82) is 0 Å². The number of benzene rings is 2. The molecule has 152 valence electrons. The second-order valence-corrected chi connectivity index (χ2v) is 12.8. The molecule has 0 spiro atoms. The van der Waals surface area contributed by atoms with E-state index in [-0.39, 0.29) is 15.5 Å². The van der Waals surface area contributed by atoms with Crippen LogP contribution in [0.3, 0.4) is 0 Å². The molecule has 0 fully saturated rings. The van der Waals surface area contributed by atoms with Gasteiger partial charge in [0, 0.05) is 16.3 Å². The van der Waals surface area contributed by atoms with Gasteiger partial charge in [0.2, 0.25) is 0 Å². The molecule has 0 saturated carbocycles. The Morgan fingerprint density at radius 2 is 1.54 bits per heavy atom. The lowest BCUT2D eigenvalue weighted by Gasteiger charge is -2.23. The average molecular weight is 760 g/mol. The van der Waals surface area contributed by atoms with E-state index in [2.05, 4.69) is 45.2 Å². The average Bonchev–Trinajstić information content (AvgIpc) is 2.59. The summed E-state index contributed by atoms with van der Waals surface area (Å²) in [4.78, 5) is -0.0879. The number of hydrogen-bond acceptors (Lipinski definition) is 5. The zero-order valence-electron chi connectivity index (χ0n) is 14.5. The molecule has 3 rings (SSSR count). The zero-order valence-corrected chi connectivity index (χ0v) is 22.6. The van der Waals surface area contributed by atoms with Crippen LogP contribution in [0.5, 0.6) is 5.75 Å². The van der Waals surface area contributed by atoms with Crippen LogP contribution in [-0.4, -0.2) is 21.4 Å². The highest BCUT2D eigenvalue weighted by Gasteiger charge is 2.30. The van der Waals surface area contributed by atoms with Gasteiger partial charge in [0.05, 0.1) is 4.90 Å². The predicted molar refractivity (Wildman–Crippen MR) is 130 cm³/mol. The first-order valence-corrected chi connectivity index (χ1v) is 14.2. The van der Waals surface area contributed by atoms with E-state index in [9.17, 15) is 21.4 Å². The maximum absolute atomic E-state index is 13.0. The molecule has 0 aliphatic heterocycles. The van der Waals surface area contributed by atoms with Gasteiger partial charge < -0.3 is 4.18 Å². The molecule has 28 heavy (non-hydrogen) atoms. The van der Waals surface area contributed by atoms with Crippen molar-refractivity contribution in [2.45, 2.75) is 42.4 Å². The van der Waals surface area contributed by atoms with E-state index in [0.29, 0.717) is 33.1 Å². The standard InChI is InChI=1S/C17H15I3O6S2/c1-9-6-14(27(21,22)23)11-4-2-3-5-12(11)17(9)26-28(24,25)15-8-10(18)7-13(19)16(15)20/h6-8H,2-5H2,1H3,(H,21,22,23). The van der Waals surface area contributed by atoms with Crippen molar-refractivity contribution >= 4 is 88.0 Å². The molecule has 0 atom stereocenters. The van der Waals surface area contributed by atoms with Gasteiger partial charge in [0.1, 0.15) is 10.6 Å². The van der Waals surface area contributed by atoms with Gasteiger partial charge in [-0.1, -0.05) is 0 Å². The molecular formula is C17H15I3O6S2. The summed E-state index contributed by atoms with van der Waals surface area (Å²) in [6.45, 7) is 1.58. The Bertz CT molecular complexity index is 1170. The molecule has 0 saturated heterocycles. The van der Waals surface area contributed by atoms with Crippen molar-refractivity contribution in [1.82, 2.24) is 0 Å². The van der Waals surface area contributed by atoms with Crippen molar-refractivity contribution in [3.8, 4) is 5.75 Å². The van der Waals surface area contributed by atoms with E-state index in [1.807, 2.05) is 28.7 Å². The first kappa shape index (κ1) is 23.0. The largest absolute Gasteiger partial charge is 0.378 e. The fourth-order valence-corrected chi connectivity index (χ4v) is 8.59. The maximum atomic E-state index is 13.0. The normalized spacial score (nSPS) is 14.6. The minimum atomic E-state index is -4.41. The molecule has 6 nitrogen and oxygen atoms in total. The molecule has 0 aromatic heterocycles. The van der Waals surface area contributed by atoms with E-state index in [1.54, 1.807) is 13.0 Å². The minimum Gasteiger partial charge on any atom is -0.378 e. The summed E-state index contributed by atoms with van der Waals surface area (Å²) in [5.41, 5.74) is 1.33. The monoisotopic (exact) mass is 760 g/mol. The topological polar surface area (TPSA) is 97.7 Å². The van der Waals surface area contributed by atoms with Crippen LogP contribution in [0.1, 0.15) is 29.5 Å². The highest BCUT2D eigenvalue weighted by atomic mass is 127. The third kappa shape index (κ3) is 4.63. The fraction of sp³-hybridized carbons (Fsp3) is 0.294. The smallest absolute Gasteiger partial charge is 0.340 e. The van der Waals surface area contributed by atoms with Crippen molar-refractivity contribution in [2.75, 3.05) is 0 Å². The summed E-state index contributed by atoms with van der Waals surface area (Å²) in [5, 5.41) is 0. The lowest BCUT2D eigenvalue weighted by molar-refractivity contribution is 0.472. The SMILES string of the molecule is Cc1cc(S(=O)(=O)O)c2c(c1OS(=O)(=O)c1cc(I)cc(I)c1I)CCCC2. The Morgan fingerprint density at radius 3 is 2.14 bits per heavy atom. The minimum absolute atomic E-state index is 0.0761. The van der Waals surface area contributed by atoms with Gasteiger partial charge in [-0.15, -0.1) is 0 Å². The molecule has 0 amide bonds. The summed E-state index contributed by atoms with van der Waals surface area (Å²) >= 11 is 6.10. The van der Waals surface area contributed by atoms with Gasteiger partial charge in [-0.3, -0.25) is 4.55 Å². The van der Waals surface area contributed by atoms with Crippen LogP contribution in [0.2, 0.25) is 0 Å². The first-order valence-electron chi connectivity index (χ1n) is 8.13. The van der Waals surface area contributed by atoms with Crippen molar-refractivity contribution in [3.63, 3.8) is 0 Å². The molecular weight excluding hydrogens is 745 g/mol. The lowest BCUT2D eigenvalue weighted by Crippen LogP contribution is -2.18. The number of halogens is 3. The van der Waals surface area contributed by atoms with Gasteiger partial charge in [0.25, 0.3) is 10.1 Å². The van der Waals surface area contributed by atoms with E-state index < -0.39 is 20.2 Å². The van der Waals surface area contributed by atoms with Gasteiger partial charge in [-0.05, 0) is 130 Å². The van der Waals surface area contributed by atoms with Crippen molar-refractivity contribution < 1.29 is 25.6 Å². The van der Waals surface area contributed by atoms with Gasteiger partial charge in [0.15, 0.2) is 0 Å². The summed E-state index contributed by atoms with van der Waals surface area (Å²) in [5.74, 6) is 0.159. The number of hydrogen-bond donors (Lipinski definition) is 1. The summed E-state index contributed by atoms with van der Waals surface area (Å²) in [6.07, 6.45) is 2.49. The van der Waals surface area contributed by atoms with Crippen LogP contribution < -0.4 is 4.18 Å². The second kappa shape index (κ2) is 8.43. The van der Waals surface area contributed by atoms with E-state index in [4.69, 9.17) is 4.18 Å². The molecule has 0 heterocycles. The molecule has 11 heteroatoms. The molecule has 2 aromatic carbocycles. The Morgan fingerprint density at radius 1 is 0.929 bits per heavy atom. The molecule has 2 aromatic rings. The number of aryl methyl sites for hydroxylation is 1. The van der Waals surface area contributed by atoms with E-state index in [1.165, 1.54) is 6.07 Å². The lowest BCUT2D eigenvalue weighted by atomic mass is 9.89. The van der Waals surface area contributed by atoms with Crippen LogP contribution in [0.4, 0.5) is 0 Å². The summed E-state index contributed by atoms with van der Waals surface area (Å²) in [6, 6.07) is 4.71. The van der Waals surface area contributed by atoms with Crippen molar-refractivity contribution in [3.05, 3.63) is 45.6 Å². The van der Waals surface area contributed by atoms with Crippen LogP contribution in [0, 0.1) is 17.6 Å². The van der Waals surface area contributed by atoms with Gasteiger partial charge in [-0.2, -0.15) is 16.8 Å². The van der Waals surface area contributed by atoms with Crippen LogP contribution in [-0.2, 0) is 33.1 Å². The zero-order chi connectivity index (χ0) is 20.9. The molecule has 0 bridgehead atoms. The Labute approximate surface area is 205 Å².